The van der Waals surface area contributed by atoms with E-state index >= 15 is 0 Å². The summed E-state index contributed by atoms with van der Waals surface area (Å²) in [7, 11) is 0. The van der Waals surface area contributed by atoms with Crippen LogP contribution in [0.25, 0.3) is 10.8 Å². The maximum Gasteiger partial charge on any atom is 0.277 e. The molecule has 0 aromatic heterocycles. The third kappa shape index (κ3) is 5.68. The molecule has 0 spiro atoms. The maximum absolute atomic E-state index is 12.2. The lowest BCUT2D eigenvalue weighted by molar-refractivity contribution is -0.123. The number of benzene rings is 3. The van der Waals surface area contributed by atoms with Crippen molar-refractivity contribution in [3.8, 4) is 5.75 Å². The fourth-order valence-corrected chi connectivity index (χ4v) is 3.01. The number of ether oxygens (including phenoxy) is 1. The van der Waals surface area contributed by atoms with Crippen molar-refractivity contribution in [1.29, 1.82) is 0 Å². The lowest BCUT2D eigenvalue weighted by Gasteiger charge is -2.09. The van der Waals surface area contributed by atoms with Crippen LogP contribution >= 0.6 is 0 Å². The summed E-state index contributed by atoms with van der Waals surface area (Å²) in [5, 5.41) is 6.59. The van der Waals surface area contributed by atoms with E-state index in [2.05, 4.69) is 17.5 Å². The molecule has 0 aliphatic carbocycles. The molecule has 0 unspecified atom stereocenters. The van der Waals surface area contributed by atoms with E-state index in [1.54, 1.807) is 0 Å². The molecule has 0 bridgehead atoms. The van der Waals surface area contributed by atoms with E-state index in [4.69, 9.17) is 4.74 Å². The average Bonchev–Trinajstić information content (AvgIpc) is 2.75. The van der Waals surface area contributed by atoms with Crippen LogP contribution in [-0.4, -0.2) is 18.2 Å². The molecular formula is C24H26N2O2. The fourth-order valence-electron chi connectivity index (χ4n) is 3.01. The normalized spacial score (nSPS) is 11.4. The molecule has 1 amide bonds. The number of rotatable bonds is 9. The number of hydrogen-bond donors (Lipinski definition) is 1. The minimum Gasteiger partial charge on any atom is -0.484 e. The van der Waals surface area contributed by atoms with Crippen LogP contribution in [0.5, 0.6) is 5.75 Å². The van der Waals surface area contributed by atoms with Gasteiger partial charge in [-0.25, -0.2) is 5.43 Å². The zero-order valence-electron chi connectivity index (χ0n) is 16.2. The van der Waals surface area contributed by atoms with Gasteiger partial charge in [0.1, 0.15) is 5.75 Å². The van der Waals surface area contributed by atoms with Crippen molar-refractivity contribution in [2.75, 3.05) is 6.61 Å². The summed E-state index contributed by atoms with van der Waals surface area (Å²) >= 11 is 0. The van der Waals surface area contributed by atoms with Gasteiger partial charge >= 0.3 is 0 Å². The summed E-state index contributed by atoms with van der Waals surface area (Å²) in [5.41, 5.74) is 4.57. The summed E-state index contributed by atoms with van der Waals surface area (Å²) in [6, 6.07) is 23.8. The number of hydrazone groups is 1. The number of carbonyl (C=O) groups is 1. The Bertz CT molecular complexity index is 936. The Hall–Kier alpha value is -3.14. The number of nitrogens with one attached hydrogen (secondary N) is 1. The van der Waals surface area contributed by atoms with Gasteiger partial charge in [-0.15, -0.1) is 0 Å². The predicted molar refractivity (Wildman–Crippen MR) is 115 cm³/mol. The molecule has 0 saturated heterocycles. The molecule has 0 saturated carbocycles. The van der Waals surface area contributed by atoms with Gasteiger partial charge in [-0.3, -0.25) is 4.79 Å². The van der Waals surface area contributed by atoms with E-state index in [1.807, 2.05) is 72.8 Å². The molecular weight excluding hydrogens is 348 g/mol. The van der Waals surface area contributed by atoms with Gasteiger partial charge in [0.25, 0.3) is 5.91 Å². The van der Waals surface area contributed by atoms with Gasteiger partial charge < -0.3 is 4.74 Å². The van der Waals surface area contributed by atoms with E-state index < -0.39 is 0 Å². The van der Waals surface area contributed by atoms with E-state index in [1.165, 1.54) is 0 Å². The maximum atomic E-state index is 12.2. The quantitative estimate of drug-likeness (QED) is 0.313. The molecule has 4 nitrogen and oxygen atoms in total. The van der Waals surface area contributed by atoms with E-state index in [0.717, 1.165) is 47.7 Å². The molecule has 0 atom stereocenters. The van der Waals surface area contributed by atoms with Crippen LogP contribution in [0.15, 0.2) is 77.9 Å². The number of nitrogens with zero attached hydrogens (tertiary/aromatic N) is 1. The highest BCUT2D eigenvalue weighted by Gasteiger charge is 2.06. The molecule has 0 aliphatic rings. The lowest BCUT2D eigenvalue weighted by atomic mass is 10.0. The predicted octanol–water partition coefficient (Wildman–Crippen LogP) is 5.32. The standard InChI is InChI=1S/C24H26N2O2/c1-2-3-5-14-23(20-11-6-4-7-12-20)25-26-24(27)18-28-22-16-15-19-10-8-9-13-21(19)17-22/h4,6-13,15-17H,2-3,5,14,18H2,1H3,(H,26,27)/b25-23-. The van der Waals surface area contributed by atoms with Crippen LogP contribution in [-0.2, 0) is 4.79 Å². The highest BCUT2D eigenvalue weighted by Crippen LogP contribution is 2.20. The Morgan fingerprint density at radius 3 is 2.46 bits per heavy atom. The minimum atomic E-state index is -0.267. The number of amides is 1. The first kappa shape index (κ1) is 19.6. The first-order valence-corrected chi connectivity index (χ1v) is 9.78. The summed E-state index contributed by atoms with van der Waals surface area (Å²) in [4.78, 5) is 12.2. The number of hydrogen-bond acceptors (Lipinski definition) is 3. The van der Waals surface area contributed by atoms with E-state index in [0.29, 0.717) is 5.75 Å². The van der Waals surface area contributed by atoms with E-state index in [-0.39, 0.29) is 12.5 Å². The zero-order chi connectivity index (χ0) is 19.6. The first-order chi connectivity index (χ1) is 13.8. The van der Waals surface area contributed by atoms with Gasteiger partial charge in [-0.1, -0.05) is 80.4 Å². The molecule has 0 fully saturated rings. The molecule has 144 valence electrons. The summed E-state index contributed by atoms with van der Waals surface area (Å²) in [5.74, 6) is 0.404. The third-order valence-electron chi connectivity index (χ3n) is 4.53. The Balaban J connectivity index is 1.59. The van der Waals surface area contributed by atoms with Crippen LogP contribution in [0, 0.1) is 0 Å². The Kier molecular flexibility index (Phi) is 7.19. The van der Waals surface area contributed by atoms with Gasteiger partial charge in [0, 0.05) is 0 Å². The second-order valence-corrected chi connectivity index (χ2v) is 6.71. The van der Waals surface area contributed by atoms with Gasteiger partial charge in [-0.2, -0.15) is 5.10 Å². The summed E-state index contributed by atoms with van der Waals surface area (Å²) < 4.78 is 5.63. The number of carbonyl (C=O) groups excluding carboxylic acids is 1. The molecule has 1 N–H and O–H groups in total. The molecule has 4 heteroatoms. The Morgan fingerprint density at radius 2 is 1.68 bits per heavy atom. The van der Waals surface area contributed by atoms with Crippen LogP contribution < -0.4 is 10.2 Å². The Morgan fingerprint density at radius 1 is 0.929 bits per heavy atom. The van der Waals surface area contributed by atoms with Crippen molar-refractivity contribution >= 4 is 22.4 Å². The molecule has 3 aromatic carbocycles. The lowest BCUT2D eigenvalue weighted by Crippen LogP contribution is -2.26. The Labute approximate surface area is 166 Å². The zero-order valence-corrected chi connectivity index (χ0v) is 16.2. The second kappa shape index (κ2) is 10.3. The van der Waals surface area contributed by atoms with Gasteiger partial charge in [0.2, 0.25) is 0 Å². The summed E-state index contributed by atoms with van der Waals surface area (Å²) in [6.07, 6.45) is 4.18. The molecule has 28 heavy (non-hydrogen) atoms. The van der Waals surface area contributed by atoms with Crippen molar-refractivity contribution < 1.29 is 9.53 Å². The van der Waals surface area contributed by atoms with E-state index in [9.17, 15) is 4.79 Å². The molecule has 3 aromatic rings. The summed E-state index contributed by atoms with van der Waals surface area (Å²) in [6.45, 7) is 2.10. The van der Waals surface area contributed by atoms with Gasteiger partial charge in [0.15, 0.2) is 6.61 Å². The molecule has 0 aliphatic heterocycles. The minimum absolute atomic E-state index is 0.0706. The molecule has 0 heterocycles. The van der Waals surface area contributed by atoms with Gasteiger partial charge in [0.05, 0.1) is 5.71 Å². The third-order valence-corrected chi connectivity index (χ3v) is 4.53. The highest BCUT2D eigenvalue weighted by molar-refractivity contribution is 6.01. The van der Waals surface area contributed by atoms with Crippen LogP contribution in [0.2, 0.25) is 0 Å². The van der Waals surface area contributed by atoms with Crippen LogP contribution in [0.1, 0.15) is 38.2 Å². The van der Waals surface area contributed by atoms with Crippen LogP contribution in [0.3, 0.4) is 0 Å². The van der Waals surface area contributed by atoms with Crippen molar-refractivity contribution in [3.63, 3.8) is 0 Å². The number of fused-ring (bicyclic) bond motifs is 1. The number of unbranched alkanes of at least 4 members (excludes halogenated alkanes) is 2. The SMILES string of the molecule is CCCCC/C(=N/NC(=O)COc1ccc2ccccc2c1)c1ccccc1. The fraction of sp³-hybridized carbons (Fsp3) is 0.250. The first-order valence-electron chi connectivity index (χ1n) is 9.78. The van der Waals surface area contributed by atoms with Crippen molar-refractivity contribution in [2.45, 2.75) is 32.6 Å². The van der Waals surface area contributed by atoms with Crippen LogP contribution in [0.4, 0.5) is 0 Å². The van der Waals surface area contributed by atoms with Crippen molar-refractivity contribution in [3.05, 3.63) is 78.4 Å². The second-order valence-electron chi connectivity index (χ2n) is 6.71. The smallest absolute Gasteiger partial charge is 0.277 e. The molecule has 0 radical (unpaired) electrons. The average molecular weight is 374 g/mol. The topological polar surface area (TPSA) is 50.7 Å². The van der Waals surface area contributed by atoms with Gasteiger partial charge in [-0.05, 0) is 41.3 Å². The molecule has 3 rings (SSSR count). The van der Waals surface area contributed by atoms with Crippen molar-refractivity contribution in [2.24, 2.45) is 5.10 Å². The highest BCUT2D eigenvalue weighted by atomic mass is 16.5. The van der Waals surface area contributed by atoms with Crippen molar-refractivity contribution in [1.82, 2.24) is 5.43 Å². The monoisotopic (exact) mass is 374 g/mol. The largest absolute Gasteiger partial charge is 0.484 e.